The maximum Gasteiger partial charge on any atom is 0.133 e. The Kier molecular flexibility index (Phi) is 4.17. The third-order valence-corrected chi connectivity index (χ3v) is 3.52. The van der Waals surface area contributed by atoms with Crippen LogP contribution in [0.1, 0.15) is 31.7 Å². The molecule has 1 saturated heterocycles. The predicted molar refractivity (Wildman–Crippen MR) is 72.7 cm³/mol. The van der Waals surface area contributed by atoms with Gasteiger partial charge in [0.25, 0.3) is 0 Å². The van der Waals surface area contributed by atoms with Crippen molar-refractivity contribution >= 4 is 5.69 Å². The van der Waals surface area contributed by atoms with Crippen molar-refractivity contribution in [3.05, 3.63) is 24.0 Å². The summed E-state index contributed by atoms with van der Waals surface area (Å²) in [5.41, 5.74) is 2.11. The zero-order chi connectivity index (χ0) is 13.1. The molecule has 1 N–H and O–H groups in total. The first-order chi connectivity index (χ1) is 8.56. The first kappa shape index (κ1) is 13.3. The Balaban J connectivity index is 2.02. The van der Waals surface area contributed by atoms with Crippen LogP contribution in [0.5, 0.6) is 0 Å². The molecule has 18 heavy (non-hydrogen) atoms. The molecule has 0 spiro atoms. The first-order valence-corrected chi connectivity index (χ1v) is 6.60. The summed E-state index contributed by atoms with van der Waals surface area (Å²) in [5, 5.41) is 3.28. The number of nitrogens with one attached hydrogen (secondary N) is 1. The van der Waals surface area contributed by atoms with Gasteiger partial charge >= 0.3 is 0 Å². The SMILES string of the molecule is CC(C)c1cncc(N[C@H]2CCN(C)C[C@H]2F)c1. The smallest absolute Gasteiger partial charge is 0.133 e. The Morgan fingerprint density at radius 3 is 2.89 bits per heavy atom. The number of alkyl halides is 1. The lowest BCUT2D eigenvalue weighted by molar-refractivity contribution is 0.149. The van der Waals surface area contributed by atoms with Gasteiger partial charge in [0.2, 0.25) is 0 Å². The summed E-state index contributed by atoms with van der Waals surface area (Å²) in [6, 6.07) is 1.98. The number of pyridine rings is 1. The number of anilines is 1. The van der Waals surface area contributed by atoms with E-state index in [2.05, 4.69) is 30.2 Å². The topological polar surface area (TPSA) is 28.2 Å². The molecule has 0 unspecified atom stereocenters. The maximum atomic E-state index is 13.9. The highest BCUT2D eigenvalue weighted by Crippen LogP contribution is 2.21. The van der Waals surface area contributed by atoms with Crippen molar-refractivity contribution in [2.24, 2.45) is 0 Å². The van der Waals surface area contributed by atoms with Crippen molar-refractivity contribution in [2.75, 3.05) is 25.5 Å². The van der Waals surface area contributed by atoms with Gasteiger partial charge in [-0.05, 0) is 31.0 Å². The largest absolute Gasteiger partial charge is 0.378 e. The number of piperidine rings is 1. The van der Waals surface area contributed by atoms with Gasteiger partial charge in [0, 0.05) is 25.5 Å². The van der Waals surface area contributed by atoms with Crippen molar-refractivity contribution in [3.8, 4) is 0 Å². The van der Waals surface area contributed by atoms with E-state index in [0.717, 1.165) is 18.7 Å². The van der Waals surface area contributed by atoms with Crippen molar-refractivity contribution in [2.45, 2.75) is 38.4 Å². The summed E-state index contributed by atoms with van der Waals surface area (Å²) in [7, 11) is 1.96. The lowest BCUT2D eigenvalue weighted by Gasteiger charge is -2.33. The highest BCUT2D eigenvalue weighted by Gasteiger charge is 2.27. The average Bonchev–Trinajstić information content (AvgIpc) is 2.33. The minimum atomic E-state index is -0.813. The normalized spacial score (nSPS) is 25.4. The van der Waals surface area contributed by atoms with Gasteiger partial charge in [-0.3, -0.25) is 4.98 Å². The van der Waals surface area contributed by atoms with Gasteiger partial charge in [-0.15, -0.1) is 0 Å². The summed E-state index contributed by atoms with van der Waals surface area (Å²) in [5.74, 6) is 0.443. The van der Waals surface area contributed by atoms with E-state index < -0.39 is 6.17 Å². The number of aromatic nitrogens is 1. The summed E-state index contributed by atoms with van der Waals surface area (Å²) in [6.45, 7) is 5.72. The fourth-order valence-corrected chi connectivity index (χ4v) is 2.29. The van der Waals surface area contributed by atoms with Crippen LogP contribution in [0.25, 0.3) is 0 Å². The van der Waals surface area contributed by atoms with E-state index in [1.807, 2.05) is 18.1 Å². The number of nitrogens with zero attached hydrogens (tertiary/aromatic N) is 2. The lowest BCUT2D eigenvalue weighted by atomic mass is 10.0. The Morgan fingerprint density at radius 2 is 2.22 bits per heavy atom. The molecule has 2 atom stereocenters. The molecular formula is C14H22FN3. The van der Waals surface area contributed by atoms with Gasteiger partial charge in [-0.25, -0.2) is 4.39 Å². The summed E-state index contributed by atoms with van der Waals surface area (Å²) >= 11 is 0. The maximum absolute atomic E-state index is 13.9. The van der Waals surface area contributed by atoms with Crippen LogP contribution in [0.2, 0.25) is 0 Å². The van der Waals surface area contributed by atoms with Gasteiger partial charge in [0.05, 0.1) is 11.7 Å². The third kappa shape index (κ3) is 3.19. The van der Waals surface area contributed by atoms with Crippen LogP contribution >= 0.6 is 0 Å². The Bertz CT molecular complexity index is 394. The van der Waals surface area contributed by atoms with E-state index in [9.17, 15) is 4.39 Å². The van der Waals surface area contributed by atoms with Crippen LogP contribution in [-0.2, 0) is 0 Å². The number of hydrogen-bond donors (Lipinski definition) is 1. The van der Waals surface area contributed by atoms with Crippen LogP contribution < -0.4 is 5.32 Å². The minimum absolute atomic E-state index is 0.0922. The molecule has 1 aromatic rings. The minimum Gasteiger partial charge on any atom is -0.378 e. The Hall–Kier alpha value is -1.16. The molecule has 2 heterocycles. The van der Waals surface area contributed by atoms with E-state index in [-0.39, 0.29) is 6.04 Å². The molecule has 0 bridgehead atoms. The van der Waals surface area contributed by atoms with E-state index in [0.29, 0.717) is 12.5 Å². The third-order valence-electron chi connectivity index (χ3n) is 3.52. The molecule has 0 aromatic carbocycles. The van der Waals surface area contributed by atoms with E-state index in [4.69, 9.17) is 0 Å². The summed E-state index contributed by atoms with van der Waals surface area (Å²) in [6.07, 6.45) is 3.67. The second kappa shape index (κ2) is 5.65. The molecule has 1 aliphatic heterocycles. The summed E-state index contributed by atoms with van der Waals surface area (Å²) in [4.78, 5) is 6.25. The van der Waals surface area contributed by atoms with Crippen LogP contribution in [0.15, 0.2) is 18.5 Å². The second-order valence-electron chi connectivity index (χ2n) is 5.48. The number of rotatable bonds is 3. The first-order valence-electron chi connectivity index (χ1n) is 6.60. The fourth-order valence-electron chi connectivity index (χ4n) is 2.29. The van der Waals surface area contributed by atoms with Crippen molar-refractivity contribution in [1.29, 1.82) is 0 Å². The average molecular weight is 251 g/mol. The monoisotopic (exact) mass is 251 g/mol. The lowest BCUT2D eigenvalue weighted by Crippen LogP contribution is -2.46. The molecule has 4 heteroatoms. The Morgan fingerprint density at radius 1 is 1.44 bits per heavy atom. The van der Waals surface area contributed by atoms with E-state index >= 15 is 0 Å². The quantitative estimate of drug-likeness (QED) is 0.895. The van der Waals surface area contributed by atoms with Crippen molar-refractivity contribution in [1.82, 2.24) is 9.88 Å². The molecule has 1 fully saturated rings. The van der Waals surface area contributed by atoms with Crippen LogP contribution in [0.4, 0.5) is 10.1 Å². The molecule has 2 rings (SSSR count). The summed E-state index contributed by atoms with van der Waals surface area (Å²) < 4.78 is 13.9. The predicted octanol–water partition coefficient (Wildman–Crippen LogP) is 2.66. The zero-order valence-electron chi connectivity index (χ0n) is 11.4. The van der Waals surface area contributed by atoms with Crippen LogP contribution in [-0.4, -0.2) is 42.2 Å². The van der Waals surface area contributed by atoms with Gasteiger partial charge in [0.15, 0.2) is 0 Å². The zero-order valence-corrected chi connectivity index (χ0v) is 11.4. The highest BCUT2D eigenvalue weighted by molar-refractivity contribution is 5.44. The standard InChI is InChI=1S/C14H22FN3/c1-10(2)11-6-12(8-16-7-11)17-14-4-5-18(3)9-13(14)15/h6-8,10,13-14,17H,4-5,9H2,1-3H3/t13-,14+/m1/s1. The molecule has 100 valence electrons. The van der Waals surface area contributed by atoms with Crippen LogP contribution in [0.3, 0.4) is 0 Å². The van der Waals surface area contributed by atoms with Crippen molar-refractivity contribution < 1.29 is 4.39 Å². The van der Waals surface area contributed by atoms with Gasteiger partial charge in [-0.1, -0.05) is 13.8 Å². The van der Waals surface area contributed by atoms with E-state index in [1.54, 1.807) is 6.20 Å². The second-order valence-corrected chi connectivity index (χ2v) is 5.48. The van der Waals surface area contributed by atoms with Crippen molar-refractivity contribution in [3.63, 3.8) is 0 Å². The number of halogens is 1. The molecule has 1 aliphatic rings. The number of hydrogen-bond acceptors (Lipinski definition) is 3. The van der Waals surface area contributed by atoms with Gasteiger partial charge in [-0.2, -0.15) is 0 Å². The molecule has 0 aliphatic carbocycles. The van der Waals surface area contributed by atoms with E-state index in [1.165, 1.54) is 5.56 Å². The highest BCUT2D eigenvalue weighted by atomic mass is 19.1. The van der Waals surface area contributed by atoms with Gasteiger partial charge < -0.3 is 10.2 Å². The Labute approximate surface area is 108 Å². The van der Waals surface area contributed by atoms with Gasteiger partial charge in [0.1, 0.15) is 6.17 Å². The molecule has 1 aromatic heterocycles. The molecule has 0 radical (unpaired) electrons. The molecule has 3 nitrogen and oxygen atoms in total. The fraction of sp³-hybridized carbons (Fsp3) is 0.643. The van der Waals surface area contributed by atoms with Crippen LogP contribution in [0, 0.1) is 0 Å². The molecule has 0 amide bonds. The molecule has 0 saturated carbocycles. The number of likely N-dealkylation sites (tertiary alicyclic amines) is 1. The molecular weight excluding hydrogens is 229 g/mol.